The second-order valence-electron chi connectivity index (χ2n) is 5.62. The van der Waals surface area contributed by atoms with Gasteiger partial charge in [-0.1, -0.05) is 25.5 Å². The van der Waals surface area contributed by atoms with Gasteiger partial charge in [0, 0.05) is 6.04 Å². The van der Waals surface area contributed by atoms with E-state index >= 15 is 0 Å². The van der Waals surface area contributed by atoms with Gasteiger partial charge in [0.25, 0.3) is 0 Å². The SMILES string of the molecule is CCC1CCCCN1CC(=O)Nc1ccccc1C(F)(F)F. The number of halogens is 3. The van der Waals surface area contributed by atoms with E-state index in [0.29, 0.717) is 6.04 Å². The predicted octanol–water partition coefficient (Wildman–Crippen LogP) is 3.91. The zero-order chi connectivity index (χ0) is 16.2. The van der Waals surface area contributed by atoms with Crippen LogP contribution in [0.25, 0.3) is 0 Å². The maximum Gasteiger partial charge on any atom is 0.418 e. The predicted molar refractivity (Wildman–Crippen MR) is 79.6 cm³/mol. The van der Waals surface area contributed by atoms with E-state index in [9.17, 15) is 18.0 Å². The summed E-state index contributed by atoms with van der Waals surface area (Å²) >= 11 is 0. The number of benzene rings is 1. The van der Waals surface area contributed by atoms with Crippen molar-refractivity contribution >= 4 is 11.6 Å². The van der Waals surface area contributed by atoms with Gasteiger partial charge in [-0.15, -0.1) is 0 Å². The van der Waals surface area contributed by atoms with Crippen LogP contribution in [0.15, 0.2) is 24.3 Å². The molecule has 0 spiro atoms. The van der Waals surface area contributed by atoms with Crippen molar-refractivity contribution in [1.82, 2.24) is 4.90 Å². The number of likely N-dealkylation sites (tertiary alicyclic amines) is 1. The lowest BCUT2D eigenvalue weighted by atomic mass is 10.00. The number of alkyl halides is 3. The fourth-order valence-electron chi connectivity index (χ4n) is 2.94. The van der Waals surface area contributed by atoms with Gasteiger partial charge < -0.3 is 5.32 Å². The van der Waals surface area contributed by atoms with Crippen LogP contribution in [0.4, 0.5) is 18.9 Å². The number of anilines is 1. The Kier molecular flexibility index (Phi) is 5.45. The summed E-state index contributed by atoms with van der Waals surface area (Å²) in [5.41, 5.74) is -0.987. The third kappa shape index (κ3) is 4.22. The lowest BCUT2D eigenvalue weighted by Gasteiger charge is -2.34. The number of hydrogen-bond donors (Lipinski definition) is 1. The van der Waals surface area contributed by atoms with Crippen molar-refractivity contribution < 1.29 is 18.0 Å². The molecule has 1 aromatic carbocycles. The topological polar surface area (TPSA) is 32.3 Å². The van der Waals surface area contributed by atoms with Gasteiger partial charge in [-0.05, 0) is 37.9 Å². The molecule has 0 aliphatic carbocycles. The largest absolute Gasteiger partial charge is 0.418 e. The van der Waals surface area contributed by atoms with Gasteiger partial charge in [0.2, 0.25) is 5.91 Å². The van der Waals surface area contributed by atoms with E-state index in [1.54, 1.807) is 0 Å². The van der Waals surface area contributed by atoms with Crippen molar-refractivity contribution in [2.45, 2.75) is 44.8 Å². The van der Waals surface area contributed by atoms with Crippen LogP contribution in [0.2, 0.25) is 0 Å². The fraction of sp³-hybridized carbons (Fsp3) is 0.562. The van der Waals surface area contributed by atoms with Gasteiger partial charge in [0.05, 0.1) is 17.8 Å². The minimum absolute atomic E-state index is 0.144. The first-order valence-corrected chi connectivity index (χ1v) is 7.62. The molecule has 2 rings (SSSR count). The maximum absolute atomic E-state index is 12.9. The summed E-state index contributed by atoms with van der Waals surface area (Å²) in [5.74, 6) is -0.392. The summed E-state index contributed by atoms with van der Waals surface area (Å²) in [4.78, 5) is 14.2. The fourth-order valence-corrected chi connectivity index (χ4v) is 2.94. The number of piperidine rings is 1. The number of nitrogens with one attached hydrogen (secondary N) is 1. The Balaban J connectivity index is 2.03. The molecule has 1 heterocycles. The normalized spacial score (nSPS) is 19.9. The van der Waals surface area contributed by atoms with Crippen molar-refractivity contribution in [2.24, 2.45) is 0 Å². The molecule has 122 valence electrons. The lowest BCUT2D eigenvalue weighted by molar-refractivity contribution is -0.137. The highest BCUT2D eigenvalue weighted by Gasteiger charge is 2.33. The molecule has 1 saturated heterocycles. The highest BCUT2D eigenvalue weighted by Crippen LogP contribution is 2.34. The number of carbonyl (C=O) groups excluding carboxylic acids is 1. The van der Waals surface area contributed by atoms with Crippen LogP contribution in [-0.2, 0) is 11.0 Å². The molecule has 1 aliphatic heterocycles. The van der Waals surface area contributed by atoms with Crippen LogP contribution in [0, 0.1) is 0 Å². The Bertz CT molecular complexity index is 516. The van der Waals surface area contributed by atoms with E-state index in [0.717, 1.165) is 38.3 Å². The van der Waals surface area contributed by atoms with Crippen LogP contribution in [0.3, 0.4) is 0 Å². The van der Waals surface area contributed by atoms with E-state index in [4.69, 9.17) is 0 Å². The van der Waals surface area contributed by atoms with Gasteiger partial charge in [-0.3, -0.25) is 9.69 Å². The van der Waals surface area contributed by atoms with Crippen LogP contribution in [0.1, 0.15) is 38.2 Å². The molecule has 6 heteroatoms. The van der Waals surface area contributed by atoms with E-state index in [1.807, 2.05) is 0 Å². The summed E-state index contributed by atoms with van der Waals surface area (Å²) in [7, 11) is 0. The summed E-state index contributed by atoms with van der Waals surface area (Å²) in [6.45, 7) is 3.04. The molecule has 1 N–H and O–H groups in total. The summed E-state index contributed by atoms with van der Waals surface area (Å²) in [6.07, 6.45) is -0.299. The zero-order valence-corrected chi connectivity index (χ0v) is 12.6. The van der Waals surface area contributed by atoms with Gasteiger partial charge in [0.1, 0.15) is 0 Å². The number of carbonyl (C=O) groups is 1. The molecule has 22 heavy (non-hydrogen) atoms. The van der Waals surface area contributed by atoms with Crippen molar-refractivity contribution in [3.63, 3.8) is 0 Å². The molecule has 0 saturated carbocycles. The molecule has 0 bridgehead atoms. The maximum atomic E-state index is 12.9. The van der Waals surface area contributed by atoms with Crippen molar-refractivity contribution in [1.29, 1.82) is 0 Å². The van der Waals surface area contributed by atoms with E-state index in [-0.39, 0.29) is 12.2 Å². The molecule has 1 aromatic rings. The molecule has 1 unspecified atom stereocenters. The van der Waals surface area contributed by atoms with Gasteiger partial charge in [-0.25, -0.2) is 0 Å². The Hall–Kier alpha value is -1.56. The van der Waals surface area contributed by atoms with Crippen LogP contribution >= 0.6 is 0 Å². The minimum atomic E-state index is -4.47. The number of nitrogens with zero attached hydrogens (tertiary/aromatic N) is 1. The second kappa shape index (κ2) is 7.13. The lowest BCUT2D eigenvalue weighted by Crippen LogP contribution is -2.43. The standard InChI is InChI=1S/C16H21F3N2O/c1-2-12-7-5-6-10-21(12)11-15(22)20-14-9-4-3-8-13(14)16(17,18)19/h3-4,8-9,12H,2,5-7,10-11H2,1H3,(H,20,22). The first-order chi connectivity index (χ1) is 10.4. The smallest absolute Gasteiger partial charge is 0.324 e. The van der Waals surface area contributed by atoms with Gasteiger partial charge in [0.15, 0.2) is 0 Å². The average molecular weight is 314 g/mol. The highest BCUT2D eigenvalue weighted by molar-refractivity contribution is 5.93. The quantitative estimate of drug-likeness (QED) is 0.914. The van der Waals surface area contributed by atoms with E-state index in [2.05, 4.69) is 17.1 Å². The summed E-state index contributed by atoms with van der Waals surface area (Å²) in [5, 5.41) is 2.41. The van der Waals surface area contributed by atoms with Crippen LogP contribution in [0.5, 0.6) is 0 Å². The van der Waals surface area contributed by atoms with E-state index in [1.165, 1.54) is 18.2 Å². The average Bonchev–Trinajstić information content (AvgIpc) is 2.47. The molecule has 1 aliphatic rings. The first-order valence-electron chi connectivity index (χ1n) is 7.62. The Morgan fingerprint density at radius 1 is 1.32 bits per heavy atom. The van der Waals surface area contributed by atoms with Crippen LogP contribution in [-0.4, -0.2) is 29.9 Å². The molecule has 1 atom stereocenters. The monoisotopic (exact) mass is 314 g/mol. The first kappa shape index (κ1) is 16.8. The Morgan fingerprint density at radius 2 is 2.05 bits per heavy atom. The minimum Gasteiger partial charge on any atom is -0.324 e. The number of amides is 1. The molecule has 1 fully saturated rings. The van der Waals surface area contributed by atoms with E-state index < -0.39 is 17.6 Å². The Morgan fingerprint density at radius 3 is 2.73 bits per heavy atom. The third-order valence-electron chi connectivity index (χ3n) is 4.07. The second-order valence-corrected chi connectivity index (χ2v) is 5.62. The van der Waals surface area contributed by atoms with Crippen LogP contribution < -0.4 is 5.32 Å². The zero-order valence-electron chi connectivity index (χ0n) is 12.6. The third-order valence-corrected chi connectivity index (χ3v) is 4.07. The van der Waals surface area contributed by atoms with Crippen molar-refractivity contribution in [2.75, 3.05) is 18.4 Å². The summed E-state index contributed by atoms with van der Waals surface area (Å²) < 4.78 is 38.7. The molecular formula is C16H21F3N2O. The number of para-hydroxylation sites is 1. The number of rotatable bonds is 4. The van der Waals surface area contributed by atoms with Gasteiger partial charge >= 0.3 is 6.18 Å². The number of hydrogen-bond acceptors (Lipinski definition) is 2. The van der Waals surface area contributed by atoms with Gasteiger partial charge in [-0.2, -0.15) is 13.2 Å². The highest BCUT2D eigenvalue weighted by atomic mass is 19.4. The van der Waals surface area contributed by atoms with Crippen molar-refractivity contribution in [3.8, 4) is 0 Å². The molecule has 0 radical (unpaired) electrons. The summed E-state index contributed by atoms with van der Waals surface area (Å²) in [6, 6.07) is 5.41. The molecule has 3 nitrogen and oxygen atoms in total. The molecule has 0 aromatic heterocycles. The molecule has 1 amide bonds. The molecular weight excluding hydrogens is 293 g/mol. The van der Waals surface area contributed by atoms with Crippen molar-refractivity contribution in [3.05, 3.63) is 29.8 Å². The Labute approximate surface area is 128 Å².